The minimum atomic E-state index is 0.0163. The van der Waals surface area contributed by atoms with E-state index >= 15 is 0 Å². The first-order valence-electron chi connectivity index (χ1n) is 7.15. The number of amides is 1. The van der Waals surface area contributed by atoms with Gasteiger partial charge in [-0.25, -0.2) is 9.97 Å². The van der Waals surface area contributed by atoms with Crippen LogP contribution in [-0.2, 0) is 4.79 Å². The molecule has 0 saturated carbocycles. The summed E-state index contributed by atoms with van der Waals surface area (Å²) in [5, 5.41) is 2.85. The van der Waals surface area contributed by atoms with Gasteiger partial charge in [-0.15, -0.1) is 0 Å². The van der Waals surface area contributed by atoms with Crippen LogP contribution in [0.3, 0.4) is 0 Å². The molecule has 1 amide bonds. The van der Waals surface area contributed by atoms with E-state index in [0.29, 0.717) is 23.9 Å². The lowest BCUT2D eigenvalue weighted by atomic mass is 10.1. The first kappa shape index (κ1) is 13.5. The third kappa shape index (κ3) is 3.54. The van der Waals surface area contributed by atoms with Crippen molar-refractivity contribution in [3.8, 4) is 11.4 Å². The molecule has 1 heterocycles. The van der Waals surface area contributed by atoms with Gasteiger partial charge in [0.05, 0.1) is 18.1 Å². The summed E-state index contributed by atoms with van der Waals surface area (Å²) in [5.74, 6) is 1.05. The molecule has 106 valence electrons. The van der Waals surface area contributed by atoms with Gasteiger partial charge < -0.3 is 5.32 Å². The van der Waals surface area contributed by atoms with Crippen LogP contribution >= 0.6 is 0 Å². The van der Waals surface area contributed by atoms with E-state index in [0.717, 1.165) is 18.4 Å². The number of nitrogens with one attached hydrogen (secondary N) is 1. The van der Waals surface area contributed by atoms with E-state index in [1.165, 1.54) is 0 Å². The van der Waals surface area contributed by atoms with Crippen LogP contribution in [0.15, 0.2) is 54.9 Å². The smallest absolute Gasteiger partial charge is 0.225 e. The highest BCUT2D eigenvalue weighted by molar-refractivity contribution is 5.90. The third-order valence-corrected chi connectivity index (χ3v) is 3.53. The predicted molar refractivity (Wildman–Crippen MR) is 82.6 cm³/mol. The van der Waals surface area contributed by atoms with Crippen molar-refractivity contribution in [1.29, 1.82) is 0 Å². The Morgan fingerprint density at radius 2 is 1.95 bits per heavy atom. The van der Waals surface area contributed by atoms with Gasteiger partial charge in [0.1, 0.15) is 0 Å². The minimum Gasteiger partial charge on any atom is -0.323 e. The summed E-state index contributed by atoms with van der Waals surface area (Å²) < 4.78 is 0. The molecule has 2 aromatic rings. The molecule has 1 aromatic heterocycles. The molecule has 1 atom stereocenters. The Labute approximate surface area is 123 Å². The Bertz CT molecular complexity index is 635. The van der Waals surface area contributed by atoms with E-state index in [-0.39, 0.29) is 5.91 Å². The summed E-state index contributed by atoms with van der Waals surface area (Å²) in [6.45, 7) is 0. The van der Waals surface area contributed by atoms with Gasteiger partial charge in [-0.05, 0) is 18.8 Å². The van der Waals surface area contributed by atoms with Crippen LogP contribution in [0.4, 0.5) is 5.69 Å². The van der Waals surface area contributed by atoms with Gasteiger partial charge in [-0.3, -0.25) is 4.79 Å². The van der Waals surface area contributed by atoms with Crippen LogP contribution < -0.4 is 5.32 Å². The van der Waals surface area contributed by atoms with Crippen molar-refractivity contribution in [2.75, 3.05) is 5.32 Å². The molecule has 1 aliphatic carbocycles. The maximum Gasteiger partial charge on any atom is 0.225 e. The topological polar surface area (TPSA) is 54.9 Å². The summed E-state index contributed by atoms with van der Waals surface area (Å²) in [6, 6.07) is 9.77. The van der Waals surface area contributed by atoms with E-state index in [9.17, 15) is 4.79 Å². The van der Waals surface area contributed by atoms with E-state index in [4.69, 9.17) is 0 Å². The molecule has 0 fully saturated rings. The quantitative estimate of drug-likeness (QED) is 0.872. The van der Waals surface area contributed by atoms with Crippen molar-refractivity contribution in [2.45, 2.75) is 19.3 Å². The van der Waals surface area contributed by atoms with Gasteiger partial charge in [-0.2, -0.15) is 0 Å². The summed E-state index contributed by atoms with van der Waals surface area (Å²) in [4.78, 5) is 20.5. The van der Waals surface area contributed by atoms with Crippen LogP contribution in [0.25, 0.3) is 11.4 Å². The molecular weight excluding hydrogens is 262 g/mol. The van der Waals surface area contributed by atoms with Crippen molar-refractivity contribution in [2.24, 2.45) is 5.92 Å². The lowest BCUT2D eigenvalue weighted by Crippen LogP contribution is -2.15. The highest BCUT2D eigenvalue weighted by Gasteiger charge is 2.14. The van der Waals surface area contributed by atoms with Crippen LogP contribution in [0.5, 0.6) is 0 Å². The summed E-state index contributed by atoms with van der Waals surface area (Å²) in [5.41, 5.74) is 1.60. The number of carbonyl (C=O) groups is 1. The van der Waals surface area contributed by atoms with Crippen molar-refractivity contribution in [3.05, 3.63) is 54.9 Å². The summed E-state index contributed by atoms with van der Waals surface area (Å²) in [7, 11) is 0. The normalized spacial score (nSPS) is 16.9. The number of benzene rings is 1. The number of nitrogens with zero attached hydrogens (tertiary/aromatic N) is 2. The van der Waals surface area contributed by atoms with Crippen molar-refractivity contribution >= 4 is 11.6 Å². The Morgan fingerprint density at radius 1 is 1.19 bits per heavy atom. The molecule has 3 rings (SSSR count). The van der Waals surface area contributed by atoms with Gasteiger partial charge in [-0.1, -0.05) is 42.5 Å². The number of hydrogen-bond donors (Lipinski definition) is 1. The number of rotatable bonds is 4. The monoisotopic (exact) mass is 279 g/mol. The average molecular weight is 279 g/mol. The molecule has 4 heteroatoms. The number of aromatic nitrogens is 2. The van der Waals surface area contributed by atoms with E-state index in [1.807, 2.05) is 30.3 Å². The zero-order valence-corrected chi connectivity index (χ0v) is 11.7. The Hall–Kier alpha value is -2.49. The minimum absolute atomic E-state index is 0.0163. The fourth-order valence-corrected chi connectivity index (χ4v) is 2.44. The van der Waals surface area contributed by atoms with Crippen LogP contribution in [-0.4, -0.2) is 15.9 Å². The third-order valence-electron chi connectivity index (χ3n) is 3.53. The van der Waals surface area contributed by atoms with Gasteiger partial charge in [0, 0.05) is 12.0 Å². The van der Waals surface area contributed by atoms with E-state index < -0.39 is 0 Å². The van der Waals surface area contributed by atoms with Crippen molar-refractivity contribution < 1.29 is 4.79 Å². The SMILES string of the molecule is O=C(CC1C=CCC1)Nc1cnc(-c2ccccc2)nc1. The number of hydrogen-bond acceptors (Lipinski definition) is 3. The summed E-state index contributed by atoms with van der Waals surface area (Å²) >= 11 is 0. The predicted octanol–water partition coefficient (Wildman–Crippen LogP) is 3.44. The molecule has 21 heavy (non-hydrogen) atoms. The summed E-state index contributed by atoms with van der Waals surface area (Å²) in [6.07, 6.45) is 10.2. The maximum atomic E-state index is 11.9. The Morgan fingerprint density at radius 3 is 2.62 bits per heavy atom. The van der Waals surface area contributed by atoms with Gasteiger partial charge in [0.15, 0.2) is 5.82 Å². The Kier molecular flexibility index (Phi) is 4.05. The molecule has 1 aromatic carbocycles. The van der Waals surface area contributed by atoms with E-state index in [1.54, 1.807) is 12.4 Å². The standard InChI is InChI=1S/C17H17N3O/c21-16(10-13-6-4-5-7-13)20-15-11-18-17(19-12-15)14-8-2-1-3-9-14/h1-4,6,8-9,11-13H,5,7,10H2,(H,20,21). The van der Waals surface area contributed by atoms with Gasteiger partial charge in [0.2, 0.25) is 5.91 Å². The van der Waals surface area contributed by atoms with Crippen LogP contribution in [0, 0.1) is 5.92 Å². The molecule has 1 unspecified atom stereocenters. The Balaban J connectivity index is 1.62. The second kappa shape index (κ2) is 6.31. The molecule has 1 N–H and O–H groups in total. The molecule has 0 spiro atoms. The number of anilines is 1. The molecule has 0 saturated heterocycles. The average Bonchev–Trinajstić information content (AvgIpc) is 3.02. The zero-order valence-electron chi connectivity index (χ0n) is 11.7. The largest absolute Gasteiger partial charge is 0.323 e. The number of allylic oxidation sites excluding steroid dienone is 2. The molecule has 0 radical (unpaired) electrons. The van der Waals surface area contributed by atoms with Crippen molar-refractivity contribution in [1.82, 2.24) is 9.97 Å². The second-order valence-electron chi connectivity index (χ2n) is 5.18. The fourth-order valence-electron chi connectivity index (χ4n) is 2.44. The highest BCUT2D eigenvalue weighted by Crippen LogP contribution is 2.21. The van der Waals surface area contributed by atoms with Gasteiger partial charge >= 0.3 is 0 Å². The first-order valence-corrected chi connectivity index (χ1v) is 7.15. The molecular formula is C17H17N3O. The second-order valence-corrected chi connectivity index (χ2v) is 5.18. The number of carbonyl (C=O) groups excluding carboxylic acids is 1. The van der Waals surface area contributed by atoms with E-state index in [2.05, 4.69) is 27.4 Å². The lowest BCUT2D eigenvalue weighted by molar-refractivity contribution is -0.116. The molecule has 4 nitrogen and oxygen atoms in total. The van der Waals surface area contributed by atoms with Gasteiger partial charge in [0.25, 0.3) is 0 Å². The molecule has 1 aliphatic rings. The maximum absolute atomic E-state index is 11.9. The lowest BCUT2D eigenvalue weighted by Gasteiger charge is -2.08. The highest BCUT2D eigenvalue weighted by atomic mass is 16.1. The fraction of sp³-hybridized carbons (Fsp3) is 0.235. The zero-order chi connectivity index (χ0) is 14.5. The van der Waals surface area contributed by atoms with Crippen molar-refractivity contribution in [3.63, 3.8) is 0 Å². The molecule has 0 aliphatic heterocycles. The first-order chi connectivity index (χ1) is 10.3. The van der Waals surface area contributed by atoms with Crippen LogP contribution in [0.2, 0.25) is 0 Å². The molecule has 0 bridgehead atoms. The van der Waals surface area contributed by atoms with Crippen LogP contribution in [0.1, 0.15) is 19.3 Å².